The van der Waals surface area contributed by atoms with Gasteiger partial charge in [0.05, 0.1) is 4.90 Å². The third-order valence-electron chi connectivity index (χ3n) is 2.15. The third kappa shape index (κ3) is 2.67. The molecule has 1 aromatic rings. The molecule has 0 aliphatic heterocycles. The minimum atomic E-state index is -3.41. The van der Waals surface area contributed by atoms with E-state index in [1.54, 1.807) is 24.3 Å². The highest BCUT2D eigenvalue weighted by Crippen LogP contribution is 2.16. The molecule has 1 unspecified atom stereocenters. The van der Waals surface area contributed by atoms with Crippen LogP contribution in [0.1, 0.15) is 12.0 Å². The Hall–Kier alpha value is -1.13. The van der Waals surface area contributed by atoms with Crippen LogP contribution in [0.3, 0.4) is 0 Å². The summed E-state index contributed by atoms with van der Waals surface area (Å²) in [5.74, 6) is 0. The predicted molar refractivity (Wildman–Crippen MR) is 61.2 cm³/mol. The van der Waals surface area contributed by atoms with Crippen LogP contribution in [0.2, 0.25) is 0 Å². The zero-order valence-corrected chi connectivity index (χ0v) is 9.50. The standard InChI is InChI=1S/C11H15NO2S/c1-3-4-11(12)15(13,14)10-7-5-9(2)6-8-10/h3,5-8,11H,1,4,12H2,2H3. The molecule has 0 amide bonds. The van der Waals surface area contributed by atoms with Crippen LogP contribution in [-0.4, -0.2) is 13.8 Å². The third-order valence-corrected chi connectivity index (χ3v) is 4.07. The van der Waals surface area contributed by atoms with Gasteiger partial charge in [-0.15, -0.1) is 6.58 Å². The Morgan fingerprint density at radius 1 is 1.40 bits per heavy atom. The molecule has 0 saturated heterocycles. The molecule has 3 nitrogen and oxygen atoms in total. The lowest BCUT2D eigenvalue weighted by molar-refractivity contribution is 0.581. The normalized spacial score (nSPS) is 13.5. The smallest absolute Gasteiger partial charge is 0.194 e. The highest BCUT2D eigenvalue weighted by atomic mass is 32.2. The molecule has 0 radical (unpaired) electrons. The Labute approximate surface area is 90.5 Å². The van der Waals surface area contributed by atoms with E-state index in [9.17, 15) is 8.42 Å². The van der Waals surface area contributed by atoms with Crippen LogP contribution in [0.5, 0.6) is 0 Å². The highest BCUT2D eigenvalue weighted by molar-refractivity contribution is 7.92. The Kier molecular flexibility index (Phi) is 3.66. The van der Waals surface area contributed by atoms with Crippen molar-refractivity contribution in [3.05, 3.63) is 42.5 Å². The molecule has 1 aromatic carbocycles. The maximum absolute atomic E-state index is 11.9. The van der Waals surface area contributed by atoms with Crippen LogP contribution in [-0.2, 0) is 9.84 Å². The van der Waals surface area contributed by atoms with Gasteiger partial charge in [-0.2, -0.15) is 0 Å². The lowest BCUT2D eigenvalue weighted by Gasteiger charge is -2.10. The molecule has 0 fully saturated rings. The molecule has 4 heteroatoms. The number of nitrogens with two attached hydrogens (primary N) is 1. The molecule has 0 saturated carbocycles. The number of hydrogen-bond acceptors (Lipinski definition) is 3. The van der Waals surface area contributed by atoms with E-state index in [1.165, 1.54) is 6.08 Å². The van der Waals surface area contributed by atoms with Crippen molar-refractivity contribution in [1.82, 2.24) is 0 Å². The molecule has 82 valence electrons. The summed E-state index contributed by atoms with van der Waals surface area (Å²) in [5, 5.41) is -0.905. The van der Waals surface area contributed by atoms with Gasteiger partial charge in [-0.1, -0.05) is 23.8 Å². The average molecular weight is 225 g/mol. The fraction of sp³-hybridized carbons (Fsp3) is 0.273. The minimum absolute atomic E-state index is 0.260. The van der Waals surface area contributed by atoms with E-state index < -0.39 is 15.2 Å². The number of rotatable bonds is 4. The van der Waals surface area contributed by atoms with Gasteiger partial charge in [-0.25, -0.2) is 8.42 Å². The van der Waals surface area contributed by atoms with Crippen molar-refractivity contribution in [2.24, 2.45) is 5.73 Å². The monoisotopic (exact) mass is 225 g/mol. The van der Waals surface area contributed by atoms with Gasteiger partial charge in [-0.05, 0) is 25.5 Å². The Bertz CT molecular complexity index is 434. The molecule has 0 spiro atoms. The Morgan fingerprint density at radius 3 is 2.40 bits per heavy atom. The summed E-state index contributed by atoms with van der Waals surface area (Å²) in [7, 11) is -3.41. The van der Waals surface area contributed by atoms with Crippen molar-refractivity contribution >= 4 is 9.84 Å². The summed E-state index contributed by atoms with van der Waals surface area (Å²) >= 11 is 0. The lowest BCUT2D eigenvalue weighted by atomic mass is 10.2. The van der Waals surface area contributed by atoms with Crippen molar-refractivity contribution in [1.29, 1.82) is 0 Å². The molecule has 1 rings (SSSR count). The van der Waals surface area contributed by atoms with Gasteiger partial charge in [0.15, 0.2) is 9.84 Å². The summed E-state index contributed by atoms with van der Waals surface area (Å²) < 4.78 is 23.7. The number of hydrogen-bond donors (Lipinski definition) is 1. The molecular formula is C11H15NO2S. The second-order valence-electron chi connectivity index (χ2n) is 3.42. The fourth-order valence-electron chi connectivity index (χ4n) is 1.19. The first-order valence-corrected chi connectivity index (χ1v) is 6.20. The molecule has 0 bridgehead atoms. The van der Waals surface area contributed by atoms with Crippen LogP contribution < -0.4 is 5.73 Å². The second-order valence-corrected chi connectivity index (χ2v) is 5.59. The topological polar surface area (TPSA) is 60.2 Å². The minimum Gasteiger partial charge on any atom is -0.315 e. The Balaban J connectivity index is 3.06. The molecule has 1 atom stereocenters. The van der Waals surface area contributed by atoms with Crippen LogP contribution in [0.4, 0.5) is 0 Å². The van der Waals surface area contributed by atoms with Crippen LogP contribution in [0.15, 0.2) is 41.8 Å². The lowest BCUT2D eigenvalue weighted by Crippen LogP contribution is -2.29. The van der Waals surface area contributed by atoms with Crippen molar-refractivity contribution in [2.45, 2.75) is 23.6 Å². The van der Waals surface area contributed by atoms with Gasteiger partial charge in [0, 0.05) is 0 Å². The second kappa shape index (κ2) is 4.59. The van der Waals surface area contributed by atoms with Gasteiger partial charge in [0.25, 0.3) is 0 Å². The van der Waals surface area contributed by atoms with E-state index in [-0.39, 0.29) is 11.3 Å². The highest BCUT2D eigenvalue weighted by Gasteiger charge is 2.22. The van der Waals surface area contributed by atoms with Crippen molar-refractivity contribution < 1.29 is 8.42 Å². The first kappa shape index (κ1) is 11.9. The van der Waals surface area contributed by atoms with Crippen LogP contribution in [0, 0.1) is 6.92 Å². The van der Waals surface area contributed by atoms with Gasteiger partial charge < -0.3 is 5.73 Å². The molecule has 2 N–H and O–H groups in total. The summed E-state index contributed by atoms with van der Waals surface area (Å²) in [6.45, 7) is 5.38. The molecule has 0 aliphatic carbocycles. The van der Waals surface area contributed by atoms with E-state index in [2.05, 4.69) is 6.58 Å². The SMILES string of the molecule is C=CCC(N)S(=O)(=O)c1ccc(C)cc1. The van der Waals surface area contributed by atoms with E-state index in [1.807, 2.05) is 6.92 Å². The molecule has 0 heterocycles. The zero-order valence-electron chi connectivity index (χ0n) is 8.68. The maximum atomic E-state index is 11.9. The van der Waals surface area contributed by atoms with Crippen molar-refractivity contribution in [3.8, 4) is 0 Å². The zero-order chi connectivity index (χ0) is 11.5. The summed E-state index contributed by atoms with van der Waals surface area (Å²) in [5.41, 5.74) is 6.59. The van der Waals surface area contributed by atoms with Gasteiger partial charge in [0.2, 0.25) is 0 Å². The van der Waals surface area contributed by atoms with Gasteiger partial charge in [-0.3, -0.25) is 0 Å². The first-order valence-electron chi connectivity index (χ1n) is 4.65. The molecular weight excluding hydrogens is 210 g/mol. The molecule has 0 aliphatic rings. The van der Waals surface area contributed by atoms with Gasteiger partial charge >= 0.3 is 0 Å². The predicted octanol–water partition coefficient (Wildman–Crippen LogP) is 1.63. The largest absolute Gasteiger partial charge is 0.315 e. The number of aryl methyl sites for hydroxylation is 1. The van der Waals surface area contributed by atoms with E-state index in [0.29, 0.717) is 0 Å². The fourth-order valence-corrected chi connectivity index (χ4v) is 2.45. The maximum Gasteiger partial charge on any atom is 0.194 e. The summed E-state index contributed by atoms with van der Waals surface area (Å²) in [6, 6.07) is 6.67. The van der Waals surface area contributed by atoms with Gasteiger partial charge in [0.1, 0.15) is 5.37 Å². The first-order chi connectivity index (χ1) is 6.98. The summed E-state index contributed by atoms with van der Waals surface area (Å²) in [6.07, 6.45) is 1.77. The van der Waals surface area contributed by atoms with Crippen LogP contribution >= 0.6 is 0 Å². The molecule has 15 heavy (non-hydrogen) atoms. The number of benzene rings is 1. The summed E-state index contributed by atoms with van der Waals surface area (Å²) in [4.78, 5) is 0.266. The quantitative estimate of drug-likeness (QED) is 0.792. The average Bonchev–Trinajstić information content (AvgIpc) is 2.18. The number of sulfone groups is 1. The Morgan fingerprint density at radius 2 is 1.93 bits per heavy atom. The van der Waals surface area contributed by atoms with Crippen molar-refractivity contribution in [3.63, 3.8) is 0 Å². The van der Waals surface area contributed by atoms with E-state index in [0.717, 1.165) is 5.56 Å². The van der Waals surface area contributed by atoms with E-state index >= 15 is 0 Å². The van der Waals surface area contributed by atoms with Crippen LogP contribution in [0.25, 0.3) is 0 Å². The van der Waals surface area contributed by atoms with E-state index in [4.69, 9.17) is 5.73 Å². The molecule has 0 aromatic heterocycles. The van der Waals surface area contributed by atoms with Crippen molar-refractivity contribution in [2.75, 3.05) is 0 Å².